The number of carbonyl (C=O) groups is 2. The lowest BCUT2D eigenvalue weighted by Crippen LogP contribution is -2.33. The zero-order valence-electron chi connectivity index (χ0n) is 11.7. The Morgan fingerprint density at radius 1 is 1.18 bits per heavy atom. The van der Waals surface area contributed by atoms with Crippen LogP contribution in [0.25, 0.3) is 0 Å². The first-order valence-corrected chi connectivity index (χ1v) is 6.81. The Morgan fingerprint density at radius 2 is 2.00 bits per heavy atom. The molecular formula is C16H14FN3O2. The number of amides is 3. The van der Waals surface area contributed by atoms with Crippen LogP contribution in [0.1, 0.15) is 15.9 Å². The van der Waals surface area contributed by atoms with Crippen LogP contribution in [0.2, 0.25) is 0 Å². The molecule has 3 N–H and O–H groups in total. The Bertz CT molecular complexity index is 761. The largest absolute Gasteiger partial charge is 0.366 e. The van der Waals surface area contributed by atoms with Gasteiger partial charge in [-0.1, -0.05) is 6.07 Å². The second-order valence-corrected chi connectivity index (χ2v) is 5.05. The number of halogens is 1. The lowest BCUT2D eigenvalue weighted by atomic mass is 10.2. The van der Waals surface area contributed by atoms with Crippen molar-refractivity contribution in [1.29, 1.82) is 0 Å². The summed E-state index contributed by atoms with van der Waals surface area (Å²) in [5, 5.41) is 2.72. The Balaban J connectivity index is 1.79. The van der Waals surface area contributed by atoms with E-state index in [2.05, 4.69) is 5.32 Å². The summed E-state index contributed by atoms with van der Waals surface area (Å²) in [5.74, 6) is -0.867. The van der Waals surface area contributed by atoms with Gasteiger partial charge in [0.15, 0.2) is 0 Å². The van der Waals surface area contributed by atoms with E-state index in [1.807, 2.05) is 0 Å². The third kappa shape index (κ3) is 2.63. The van der Waals surface area contributed by atoms with Gasteiger partial charge in [-0.05, 0) is 48.4 Å². The third-order valence-electron chi connectivity index (χ3n) is 3.58. The smallest absolute Gasteiger partial charge is 0.326 e. The molecule has 22 heavy (non-hydrogen) atoms. The highest BCUT2D eigenvalue weighted by Crippen LogP contribution is 2.29. The summed E-state index contributed by atoms with van der Waals surface area (Å²) >= 11 is 0. The maximum atomic E-state index is 13.2. The fourth-order valence-corrected chi connectivity index (χ4v) is 2.52. The zero-order valence-corrected chi connectivity index (χ0v) is 11.7. The van der Waals surface area contributed by atoms with Gasteiger partial charge in [0.1, 0.15) is 5.82 Å². The quantitative estimate of drug-likeness (QED) is 0.894. The highest BCUT2D eigenvalue weighted by atomic mass is 19.1. The molecule has 1 aliphatic rings. The number of carbonyl (C=O) groups excluding carboxylic acids is 2. The number of urea groups is 1. The Morgan fingerprint density at radius 3 is 2.77 bits per heavy atom. The van der Waals surface area contributed by atoms with E-state index in [0.29, 0.717) is 29.9 Å². The van der Waals surface area contributed by atoms with Gasteiger partial charge in [0.25, 0.3) is 0 Å². The minimum atomic E-state index is -0.557. The van der Waals surface area contributed by atoms with Crippen molar-refractivity contribution >= 4 is 23.3 Å². The summed E-state index contributed by atoms with van der Waals surface area (Å²) in [6, 6.07) is 10.4. The van der Waals surface area contributed by atoms with Crippen LogP contribution in [-0.4, -0.2) is 18.5 Å². The van der Waals surface area contributed by atoms with E-state index in [-0.39, 0.29) is 11.8 Å². The number of benzene rings is 2. The molecule has 0 saturated heterocycles. The Hall–Kier alpha value is -2.89. The first-order chi connectivity index (χ1) is 10.5. The predicted molar refractivity (Wildman–Crippen MR) is 81.4 cm³/mol. The highest BCUT2D eigenvalue weighted by Gasteiger charge is 2.25. The third-order valence-corrected chi connectivity index (χ3v) is 3.58. The molecule has 2 aromatic carbocycles. The van der Waals surface area contributed by atoms with Crippen molar-refractivity contribution in [3.63, 3.8) is 0 Å². The number of primary amides is 1. The van der Waals surface area contributed by atoms with Crippen molar-refractivity contribution in [3.8, 4) is 0 Å². The number of nitrogens with zero attached hydrogens (tertiary/aromatic N) is 1. The van der Waals surface area contributed by atoms with Crippen molar-refractivity contribution in [2.45, 2.75) is 6.42 Å². The van der Waals surface area contributed by atoms with E-state index in [9.17, 15) is 14.0 Å². The number of nitrogens with one attached hydrogen (secondary N) is 1. The first-order valence-electron chi connectivity index (χ1n) is 6.81. The fraction of sp³-hybridized carbons (Fsp3) is 0.125. The van der Waals surface area contributed by atoms with Crippen molar-refractivity contribution in [1.82, 2.24) is 0 Å². The lowest BCUT2D eigenvalue weighted by molar-refractivity contribution is 0.100. The van der Waals surface area contributed by atoms with Gasteiger partial charge in [-0.2, -0.15) is 0 Å². The van der Waals surface area contributed by atoms with Gasteiger partial charge in [0, 0.05) is 23.5 Å². The molecule has 0 atom stereocenters. The molecule has 0 unspecified atom stereocenters. The van der Waals surface area contributed by atoms with Crippen molar-refractivity contribution in [3.05, 3.63) is 59.4 Å². The average Bonchev–Trinajstić information content (AvgIpc) is 2.90. The van der Waals surface area contributed by atoms with Crippen LogP contribution >= 0.6 is 0 Å². The number of hydrogen-bond donors (Lipinski definition) is 2. The molecule has 112 valence electrons. The molecule has 0 bridgehead atoms. The van der Waals surface area contributed by atoms with Crippen molar-refractivity contribution in [2.24, 2.45) is 5.73 Å². The second-order valence-electron chi connectivity index (χ2n) is 5.05. The molecule has 1 aliphatic heterocycles. The van der Waals surface area contributed by atoms with E-state index in [1.165, 1.54) is 18.2 Å². The average molecular weight is 299 g/mol. The van der Waals surface area contributed by atoms with E-state index in [1.54, 1.807) is 29.2 Å². The number of rotatable bonds is 2. The Labute approximate surface area is 126 Å². The number of hydrogen-bond acceptors (Lipinski definition) is 2. The predicted octanol–water partition coefficient (Wildman–Crippen LogP) is 2.52. The molecule has 2 aromatic rings. The summed E-state index contributed by atoms with van der Waals surface area (Å²) in [4.78, 5) is 25.1. The molecule has 1 heterocycles. The summed E-state index contributed by atoms with van der Waals surface area (Å²) in [7, 11) is 0. The van der Waals surface area contributed by atoms with Crippen molar-refractivity contribution < 1.29 is 14.0 Å². The normalized spacial score (nSPS) is 12.9. The number of anilines is 2. The van der Waals surface area contributed by atoms with Crippen LogP contribution in [0.15, 0.2) is 42.5 Å². The molecule has 0 saturated carbocycles. The van der Waals surface area contributed by atoms with E-state index < -0.39 is 5.91 Å². The minimum Gasteiger partial charge on any atom is -0.366 e. The monoisotopic (exact) mass is 299 g/mol. The fourth-order valence-electron chi connectivity index (χ4n) is 2.52. The van der Waals surface area contributed by atoms with Crippen LogP contribution < -0.4 is 16.0 Å². The van der Waals surface area contributed by atoms with Gasteiger partial charge in [-0.15, -0.1) is 0 Å². The maximum absolute atomic E-state index is 13.2. The molecule has 3 rings (SSSR count). The molecule has 3 amide bonds. The molecule has 0 spiro atoms. The van der Waals surface area contributed by atoms with Crippen LogP contribution in [0, 0.1) is 5.82 Å². The van der Waals surface area contributed by atoms with Crippen LogP contribution in [0.4, 0.5) is 20.6 Å². The molecule has 0 fully saturated rings. The molecule has 6 heteroatoms. The van der Waals surface area contributed by atoms with Crippen LogP contribution in [-0.2, 0) is 6.42 Å². The van der Waals surface area contributed by atoms with Gasteiger partial charge < -0.3 is 11.1 Å². The summed E-state index contributed by atoms with van der Waals surface area (Å²) in [6.07, 6.45) is 0.613. The summed E-state index contributed by atoms with van der Waals surface area (Å²) < 4.78 is 13.2. The minimum absolute atomic E-state index is 0.310. The SMILES string of the molecule is NC(=O)c1cccc(NC(=O)N2CCc3cc(F)ccc32)c1. The van der Waals surface area contributed by atoms with Crippen molar-refractivity contribution in [2.75, 3.05) is 16.8 Å². The molecule has 5 nitrogen and oxygen atoms in total. The van der Waals surface area contributed by atoms with E-state index >= 15 is 0 Å². The zero-order chi connectivity index (χ0) is 15.7. The number of nitrogens with two attached hydrogens (primary N) is 1. The summed E-state index contributed by atoms with van der Waals surface area (Å²) in [5.41, 5.74) is 7.53. The van der Waals surface area contributed by atoms with Crippen LogP contribution in [0.3, 0.4) is 0 Å². The standard InChI is InChI=1S/C16H14FN3O2/c17-12-4-5-14-10(8-12)6-7-20(14)16(22)19-13-3-1-2-11(9-13)15(18)21/h1-5,8-9H,6-7H2,(H2,18,21)(H,19,22). The maximum Gasteiger partial charge on any atom is 0.326 e. The summed E-state index contributed by atoms with van der Waals surface area (Å²) in [6.45, 7) is 0.486. The first kappa shape index (κ1) is 14.1. The van der Waals surface area contributed by atoms with Gasteiger partial charge >= 0.3 is 6.03 Å². The van der Waals surface area contributed by atoms with Gasteiger partial charge in [0.05, 0.1) is 0 Å². The highest BCUT2D eigenvalue weighted by molar-refractivity contribution is 6.04. The van der Waals surface area contributed by atoms with Gasteiger partial charge in [0.2, 0.25) is 5.91 Å². The molecule has 0 aliphatic carbocycles. The number of fused-ring (bicyclic) bond motifs is 1. The van der Waals surface area contributed by atoms with E-state index in [4.69, 9.17) is 5.73 Å². The van der Waals surface area contributed by atoms with E-state index in [0.717, 1.165) is 5.56 Å². The molecule has 0 aromatic heterocycles. The Kier molecular flexibility index (Phi) is 3.50. The van der Waals surface area contributed by atoms with Gasteiger partial charge in [-0.25, -0.2) is 9.18 Å². The van der Waals surface area contributed by atoms with Gasteiger partial charge in [-0.3, -0.25) is 9.69 Å². The molecular weight excluding hydrogens is 285 g/mol. The molecule has 0 radical (unpaired) electrons. The van der Waals surface area contributed by atoms with Crippen LogP contribution in [0.5, 0.6) is 0 Å². The lowest BCUT2D eigenvalue weighted by Gasteiger charge is -2.18. The topological polar surface area (TPSA) is 75.4 Å². The second kappa shape index (κ2) is 5.48.